The molecule has 2 rings (SSSR count). The zero-order valence-electron chi connectivity index (χ0n) is 11.1. The van der Waals surface area contributed by atoms with Gasteiger partial charge in [0.25, 0.3) is 11.6 Å². The second-order valence-corrected chi connectivity index (χ2v) is 5.03. The van der Waals surface area contributed by atoms with E-state index in [1.54, 1.807) is 24.3 Å². The summed E-state index contributed by atoms with van der Waals surface area (Å²) < 4.78 is 0.612. The van der Waals surface area contributed by atoms with Crippen LogP contribution in [0.15, 0.2) is 52.0 Å². The van der Waals surface area contributed by atoms with Crippen LogP contribution < -0.4 is 5.43 Å². The number of hydrogen-bond acceptors (Lipinski definition) is 5. The molecule has 0 heterocycles. The van der Waals surface area contributed by atoms with E-state index in [0.717, 1.165) is 12.3 Å². The SMILES string of the molecule is O=C(NN=Cc1cc([N+](=O)[O-])ccc1O)c1ccccc1Br. The summed E-state index contributed by atoms with van der Waals surface area (Å²) in [7, 11) is 0. The molecule has 0 atom stereocenters. The van der Waals surface area contributed by atoms with Crippen LogP contribution in [0.2, 0.25) is 0 Å². The fourth-order valence-electron chi connectivity index (χ4n) is 1.62. The number of phenols is 1. The third-order valence-corrected chi connectivity index (χ3v) is 3.40. The molecule has 7 nitrogen and oxygen atoms in total. The number of carbonyl (C=O) groups excluding carboxylic acids is 1. The normalized spacial score (nSPS) is 10.6. The van der Waals surface area contributed by atoms with E-state index in [1.165, 1.54) is 12.1 Å². The maximum atomic E-state index is 11.9. The Balaban J connectivity index is 2.13. The summed E-state index contributed by atoms with van der Waals surface area (Å²) in [6.07, 6.45) is 1.14. The zero-order valence-corrected chi connectivity index (χ0v) is 12.6. The first kappa shape index (κ1) is 15.6. The second kappa shape index (κ2) is 6.81. The van der Waals surface area contributed by atoms with Crippen molar-refractivity contribution < 1.29 is 14.8 Å². The highest BCUT2D eigenvalue weighted by molar-refractivity contribution is 9.10. The number of hydrogen-bond donors (Lipinski definition) is 2. The van der Waals surface area contributed by atoms with Gasteiger partial charge in [-0.1, -0.05) is 12.1 Å². The predicted octanol–water partition coefficient (Wildman–Crippen LogP) is 2.83. The molecule has 0 unspecified atom stereocenters. The van der Waals surface area contributed by atoms with Gasteiger partial charge in [0.05, 0.1) is 16.7 Å². The molecular weight excluding hydrogens is 354 g/mol. The monoisotopic (exact) mass is 363 g/mol. The van der Waals surface area contributed by atoms with Crippen LogP contribution in [0.25, 0.3) is 0 Å². The molecule has 2 aromatic rings. The van der Waals surface area contributed by atoms with E-state index < -0.39 is 10.8 Å². The Bertz CT molecular complexity index is 762. The molecule has 0 radical (unpaired) electrons. The molecule has 1 amide bonds. The van der Waals surface area contributed by atoms with Crippen molar-refractivity contribution >= 4 is 33.7 Å². The number of nitro groups is 1. The predicted molar refractivity (Wildman–Crippen MR) is 84.0 cm³/mol. The Kier molecular flexibility index (Phi) is 4.84. The van der Waals surface area contributed by atoms with Gasteiger partial charge in [-0.05, 0) is 34.1 Å². The number of nitrogens with zero attached hydrogens (tertiary/aromatic N) is 2. The molecule has 0 aliphatic heterocycles. The largest absolute Gasteiger partial charge is 0.507 e. The van der Waals surface area contributed by atoms with Crippen molar-refractivity contribution in [2.45, 2.75) is 0 Å². The van der Waals surface area contributed by atoms with Crippen LogP contribution in [0.3, 0.4) is 0 Å². The molecule has 0 aliphatic rings. The smallest absolute Gasteiger partial charge is 0.272 e. The first-order valence-electron chi connectivity index (χ1n) is 6.04. The van der Waals surface area contributed by atoms with Gasteiger partial charge in [0.2, 0.25) is 0 Å². The maximum absolute atomic E-state index is 11.9. The van der Waals surface area contributed by atoms with Crippen LogP contribution in [-0.4, -0.2) is 22.2 Å². The summed E-state index contributed by atoms with van der Waals surface area (Å²) in [5.74, 6) is -0.627. The lowest BCUT2D eigenvalue weighted by Crippen LogP contribution is -2.18. The van der Waals surface area contributed by atoms with Crippen molar-refractivity contribution in [2.24, 2.45) is 5.10 Å². The first-order chi connectivity index (χ1) is 10.5. The van der Waals surface area contributed by atoms with Crippen LogP contribution in [0, 0.1) is 10.1 Å². The minimum Gasteiger partial charge on any atom is -0.507 e. The maximum Gasteiger partial charge on any atom is 0.272 e. The number of hydrazone groups is 1. The van der Waals surface area contributed by atoms with E-state index in [2.05, 4.69) is 26.5 Å². The van der Waals surface area contributed by atoms with Gasteiger partial charge in [0.15, 0.2) is 0 Å². The number of carbonyl (C=O) groups is 1. The Hall–Kier alpha value is -2.74. The van der Waals surface area contributed by atoms with Crippen molar-refractivity contribution in [3.8, 4) is 5.75 Å². The molecule has 2 aromatic carbocycles. The average molecular weight is 364 g/mol. The standard InChI is InChI=1S/C14H10BrN3O4/c15-12-4-2-1-3-11(12)14(20)17-16-8-9-7-10(18(21)22)5-6-13(9)19/h1-8,19H,(H,17,20). The quantitative estimate of drug-likeness (QED) is 0.494. The minimum atomic E-state index is -0.587. The minimum absolute atomic E-state index is 0.127. The van der Waals surface area contributed by atoms with Gasteiger partial charge < -0.3 is 5.11 Å². The summed E-state index contributed by atoms with van der Waals surface area (Å²) in [5.41, 5.74) is 2.62. The number of rotatable bonds is 4. The summed E-state index contributed by atoms with van der Waals surface area (Å²) in [4.78, 5) is 22.0. The molecule has 22 heavy (non-hydrogen) atoms. The number of benzene rings is 2. The Labute approximate surface area is 133 Å². The van der Waals surface area contributed by atoms with E-state index in [-0.39, 0.29) is 17.0 Å². The molecule has 0 saturated carbocycles. The van der Waals surface area contributed by atoms with Crippen LogP contribution in [-0.2, 0) is 0 Å². The first-order valence-corrected chi connectivity index (χ1v) is 6.83. The van der Waals surface area contributed by atoms with E-state index in [4.69, 9.17) is 0 Å². The number of phenolic OH excluding ortho intramolecular Hbond substituents is 1. The number of nitro benzene ring substituents is 1. The number of halogens is 1. The third kappa shape index (κ3) is 3.67. The van der Waals surface area contributed by atoms with Gasteiger partial charge in [-0.3, -0.25) is 14.9 Å². The van der Waals surface area contributed by atoms with Gasteiger partial charge in [-0.2, -0.15) is 5.10 Å². The van der Waals surface area contributed by atoms with Crippen LogP contribution >= 0.6 is 15.9 Å². The van der Waals surface area contributed by atoms with Gasteiger partial charge in [-0.25, -0.2) is 5.43 Å². The summed E-state index contributed by atoms with van der Waals surface area (Å²) in [6.45, 7) is 0. The second-order valence-electron chi connectivity index (χ2n) is 4.18. The third-order valence-electron chi connectivity index (χ3n) is 2.71. The molecule has 0 saturated heterocycles. The van der Waals surface area contributed by atoms with Gasteiger partial charge in [0, 0.05) is 22.2 Å². The fraction of sp³-hybridized carbons (Fsp3) is 0. The molecular formula is C14H10BrN3O4. The number of non-ortho nitro benzene ring substituents is 1. The lowest BCUT2D eigenvalue weighted by molar-refractivity contribution is -0.384. The molecule has 0 bridgehead atoms. The summed E-state index contributed by atoms with van der Waals surface area (Å²) >= 11 is 3.24. The average Bonchev–Trinajstić information content (AvgIpc) is 2.49. The molecule has 0 fully saturated rings. The fourth-order valence-corrected chi connectivity index (χ4v) is 2.09. The number of aromatic hydroxyl groups is 1. The highest BCUT2D eigenvalue weighted by Gasteiger charge is 2.10. The van der Waals surface area contributed by atoms with Gasteiger partial charge in [0.1, 0.15) is 5.75 Å². The van der Waals surface area contributed by atoms with Crippen molar-refractivity contribution in [3.63, 3.8) is 0 Å². The molecule has 0 aromatic heterocycles. The summed E-state index contributed by atoms with van der Waals surface area (Å²) in [6, 6.07) is 10.3. The van der Waals surface area contributed by atoms with Crippen LogP contribution in [0.4, 0.5) is 5.69 Å². The Morgan fingerprint density at radius 1 is 1.32 bits per heavy atom. The molecule has 2 N–H and O–H groups in total. The van der Waals surface area contributed by atoms with Crippen molar-refractivity contribution in [2.75, 3.05) is 0 Å². The molecule has 0 spiro atoms. The van der Waals surface area contributed by atoms with Crippen molar-refractivity contribution in [1.82, 2.24) is 5.43 Å². The van der Waals surface area contributed by atoms with E-state index in [1.807, 2.05) is 0 Å². The van der Waals surface area contributed by atoms with Crippen LogP contribution in [0.1, 0.15) is 15.9 Å². The van der Waals surface area contributed by atoms with Crippen LogP contribution in [0.5, 0.6) is 5.75 Å². The Morgan fingerprint density at radius 2 is 2.05 bits per heavy atom. The lowest BCUT2D eigenvalue weighted by Gasteiger charge is -2.02. The number of amides is 1. The molecule has 0 aliphatic carbocycles. The van der Waals surface area contributed by atoms with Crippen molar-refractivity contribution in [3.05, 3.63) is 68.2 Å². The Morgan fingerprint density at radius 3 is 2.73 bits per heavy atom. The molecule has 112 valence electrons. The van der Waals surface area contributed by atoms with E-state index in [9.17, 15) is 20.0 Å². The van der Waals surface area contributed by atoms with Crippen molar-refractivity contribution in [1.29, 1.82) is 0 Å². The highest BCUT2D eigenvalue weighted by Crippen LogP contribution is 2.21. The van der Waals surface area contributed by atoms with E-state index in [0.29, 0.717) is 10.0 Å². The lowest BCUT2D eigenvalue weighted by atomic mass is 10.2. The molecule has 8 heteroatoms. The van der Waals surface area contributed by atoms with E-state index >= 15 is 0 Å². The van der Waals surface area contributed by atoms with Gasteiger partial charge >= 0.3 is 0 Å². The summed E-state index contributed by atoms with van der Waals surface area (Å²) in [5, 5.41) is 24.0. The number of nitrogens with one attached hydrogen (secondary N) is 1. The van der Waals surface area contributed by atoms with Gasteiger partial charge in [-0.15, -0.1) is 0 Å². The zero-order chi connectivity index (χ0) is 16.1. The topological polar surface area (TPSA) is 105 Å². The highest BCUT2D eigenvalue weighted by atomic mass is 79.9.